The van der Waals surface area contributed by atoms with Gasteiger partial charge in [-0.3, -0.25) is 14.8 Å². The van der Waals surface area contributed by atoms with Crippen molar-refractivity contribution >= 4 is 29.9 Å². The van der Waals surface area contributed by atoms with Gasteiger partial charge in [0.05, 0.1) is 13.2 Å². The molecule has 7 heteroatoms. The molecule has 0 spiro atoms. The van der Waals surface area contributed by atoms with E-state index in [1.54, 1.807) is 7.11 Å². The number of piperazine rings is 1. The number of halogens is 1. The summed E-state index contributed by atoms with van der Waals surface area (Å²) in [6, 6.07) is 11.3. The molecule has 2 saturated heterocycles. The van der Waals surface area contributed by atoms with E-state index in [4.69, 9.17) is 9.73 Å². The molecule has 0 radical (unpaired) electrons. The molecule has 164 valence electrons. The Labute approximate surface area is 193 Å². The van der Waals surface area contributed by atoms with Crippen LogP contribution in [0.4, 0.5) is 0 Å². The number of benzene rings is 1. The van der Waals surface area contributed by atoms with Crippen LogP contribution in [-0.2, 0) is 11.3 Å². The minimum Gasteiger partial charge on any atom is -0.383 e. The molecule has 6 nitrogen and oxygen atoms in total. The highest BCUT2D eigenvalue weighted by Gasteiger charge is 2.25. The van der Waals surface area contributed by atoms with Gasteiger partial charge in [-0.05, 0) is 31.9 Å². The molecule has 0 aromatic heterocycles. The van der Waals surface area contributed by atoms with Crippen LogP contribution in [0.3, 0.4) is 0 Å². The Morgan fingerprint density at radius 2 is 1.90 bits per heavy atom. The van der Waals surface area contributed by atoms with Crippen molar-refractivity contribution < 1.29 is 4.74 Å². The first-order chi connectivity index (χ1) is 13.8. The summed E-state index contributed by atoms with van der Waals surface area (Å²) < 4.78 is 5.26. The fourth-order valence-electron chi connectivity index (χ4n) is 4.18. The number of nitrogens with one attached hydrogen (secondary N) is 1. The van der Waals surface area contributed by atoms with Gasteiger partial charge in [0, 0.05) is 59.0 Å². The number of hydrogen-bond donors (Lipinski definition) is 1. The maximum absolute atomic E-state index is 5.26. The van der Waals surface area contributed by atoms with Crippen molar-refractivity contribution in [1.82, 2.24) is 20.0 Å². The Balaban J connectivity index is 0.00000300. The second kappa shape index (κ2) is 13.4. The fourth-order valence-corrected chi connectivity index (χ4v) is 4.18. The zero-order valence-corrected chi connectivity index (χ0v) is 20.4. The molecule has 1 N–H and O–H groups in total. The highest BCUT2D eigenvalue weighted by Crippen LogP contribution is 2.17. The van der Waals surface area contributed by atoms with Crippen molar-refractivity contribution in [2.24, 2.45) is 4.99 Å². The topological polar surface area (TPSA) is 43.3 Å². The van der Waals surface area contributed by atoms with E-state index >= 15 is 0 Å². The smallest absolute Gasteiger partial charge is 0.194 e. The van der Waals surface area contributed by atoms with Crippen LogP contribution >= 0.6 is 24.0 Å². The normalized spacial score (nSPS) is 21.2. The van der Waals surface area contributed by atoms with E-state index in [1.165, 1.54) is 24.9 Å². The van der Waals surface area contributed by atoms with Gasteiger partial charge in [-0.1, -0.05) is 30.3 Å². The third-order valence-corrected chi connectivity index (χ3v) is 5.79. The van der Waals surface area contributed by atoms with Crippen molar-refractivity contribution in [2.45, 2.75) is 32.4 Å². The van der Waals surface area contributed by atoms with Gasteiger partial charge >= 0.3 is 0 Å². The van der Waals surface area contributed by atoms with Crippen molar-refractivity contribution in [3.63, 3.8) is 0 Å². The summed E-state index contributed by atoms with van der Waals surface area (Å²) in [7, 11) is 1.78. The van der Waals surface area contributed by atoms with E-state index < -0.39 is 0 Å². The van der Waals surface area contributed by atoms with E-state index in [0.29, 0.717) is 6.04 Å². The molecule has 2 heterocycles. The average molecular weight is 515 g/mol. The zero-order chi connectivity index (χ0) is 19.6. The summed E-state index contributed by atoms with van der Waals surface area (Å²) in [6.07, 6.45) is 2.52. The number of guanidine groups is 1. The van der Waals surface area contributed by atoms with Crippen LogP contribution in [0.25, 0.3) is 0 Å². The number of rotatable bonds is 8. The standard InChI is InChI=1S/C22H37N5O.HI/c1-3-23-22(24-18-21-10-7-11-26(21)16-17-28-2)27-14-12-25(13-15-27)19-20-8-5-4-6-9-20;/h4-6,8-9,21H,3,7,10-19H2,1-2H3,(H,23,24);1H. The number of methoxy groups -OCH3 is 1. The molecule has 0 aliphatic carbocycles. The third kappa shape index (κ3) is 7.70. The van der Waals surface area contributed by atoms with Gasteiger partial charge in [-0.25, -0.2) is 0 Å². The molecule has 1 aromatic carbocycles. The highest BCUT2D eigenvalue weighted by molar-refractivity contribution is 14.0. The molecule has 29 heavy (non-hydrogen) atoms. The first kappa shape index (κ1) is 24.4. The Bertz CT molecular complexity index is 592. The minimum absolute atomic E-state index is 0. The van der Waals surface area contributed by atoms with Gasteiger partial charge in [0.25, 0.3) is 0 Å². The molecule has 0 saturated carbocycles. The molecule has 1 aromatic rings. The van der Waals surface area contributed by atoms with E-state index in [0.717, 1.165) is 64.9 Å². The maximum atomic E-state index is 5.26. The second-order valence-electron chi connectivity index (χ2n) is 7.77. The van der Waals surface area contributed by atoms with Crippen LogP contribution in [0.2, 0.25) is 0 Å². The van der Waals surface area contributed by atoms with Crippen molar-refractivity contribution in [3.8, 4) is 0 Å². The van der Waals surface area contributed by atoms with Crippen LogP contribution in [0.15, 0.2) is 35.3 Å². The lowest BCUT2D eigenvalue weighted by atomic mass is 10.2. The van der Waals surface area contributed by atoms with Gasteiger partial charge in [0.1, 0.15) is 0 Å². The molecule has 1 unspecified atom stereocenters. The van der Waals surface area contributed by atoms with Crippen molar-refractivity contribution in [3.05, 3.63) is 35.9 Å². The number of aliphatic imine (C=N–C) groups is 1. The summed E-state index contributed by atoms with van der Waals surface area (Å²) in [4.78, 5) is 12.5. The summed E-state index contributed by atoms with van der Waals surface area (Å²) in [5.41, 5.74) is 1.40. The predicted octanol–water partition coefficient (Wildman–Crippen LogP) is 2.50. The molecule has 1 atom stereocenters. The number of nitrogens with zero attached hydrogens (tertiary/aromatic N) is 4. The van der Waals surface area contributed by atoms with Crippen LogP contribution < -0.4 is 5.32 Å². The Morgan fingerprint density at radius 1 is 1.14 bits per heavy atom. The molecule has 2 fully saturated rings. The molecular weight excluding hydrogens is 477 g/mol. The Kier molecular flexibility index (Phi) is 11.3. The molecule has 0 amide bonds. The largest absolute Gasteiger partial charge is 0.383 e. The SMILES string of the molecule is CCNC(=NCC1CCCN1CCOC)N1CCN(Cc2ccccc2)CC1.I. The highest BCUT2D eigenvalue weighted by atomic mass is 127. The van der Waals surface area contributed by atoms with Crippen LogP contribution in [0.1, 0.15) is 25.3 Å². The number of hydrogen-bond acceptors (Lipinski definition) is 4. The molecule has 2 aliphatic heterocycles. The monoisotopic (exact) mass is 515 g/mol. The number of ether oxygens (including phenoxy) is 1. The zero-order valence-electron chi connectivity index (χ0n) is 18.1. The average Bonchev–Trinajstić information content (AvgIpc) is 3.18. The van der Waals surface area contributed by atoms with Crippen molar-refractivity contribution in [2.75, 3.05) is 66.1 Å². The number of likely N-dealkylation sites (tertiary alicyclic amines) is 1. The lowest BCUT2D eigenvalue weighted by Gasteiger charge is -2.36. The van der Waals surface area contributed by atoms with Crippen molar-refractivity contribution in [1.29, 1.82) is 0 Å². The summed E-state index contributed by atoms with van der Waals surface area (Å²) in [6.45, 7) is 12.3. The lowest BCUT2D eigenvalue weighted by Crippen LogP contribution is -2.52. The Hall–Kier alpha value is -0.900. The van der Waals surface area contributed by atoms with Gasteiger partial charge in [-0.15, -0.1) is 24.0 Å². The van der Waals surface area contributed by atoms with Crippen LogP contribution in [0, 0.1) is 0 Å². The lowest BCUT2D eigenvalue weighted by molar-refractivity contribution is 0.142. The third-order valence-electron chi connectivity index (χ3n) is 5.79. The van der Waals surface area contributed by atoms with E-state index in [-0.39, 0.29) is 24.0 Å². The minimum atomic E-state index is 0. The van der Waals surface area contributed by atoms with Gasteiger partial charge < -0.3 is 15.0 Å². The van der Waals surface area contributed by atoms with E-state index in [1.807, 2.05) is 0 Å². The first-order valence-electron chi connectivity index (χ1n) is 10.8. The van der Waals surface area contributed by atoms with Crippen LogP contribution in [-0.4, -0.2) is 92.8 Å². The van der Waals surface area contributed by atoms with Gasteiger partial charge in [0.2, 0.25) is 0 Å². The predicted molar refractivity (Wildman–Crippen MR) is 131 cm³/mol. The summed E-state index contributed by atoms with van der Waals surface area (Å²) in [5, 5.41) is 3.51. The Morgan fingerprint density at radius 3 is 2.59 bits per heavy atom. The first-order valence-corrected chi connectivity index (χ1v) is 10.8. The van der Waals surface area contributed by atoms with Gasteiger partial charge in [0.15, 0.2) is 5.96 Å². The van der Waals surface area contributed by atoms with Gasteiger partial charge in [-0.2, -0.15) is 0 Å². The quantitative estimate of drug-likeness (QED) is 0.328. The van der Waals surface area contributed by atoms with E-state index in [9.17, 15) is 0 Å². The van der Waals surface area contributed by atoms with Crippen LogP contribution in [0.5, 0.6) is 0 Å². The molecular formula is C22H38IN5O. The second-order valence-corrected chi connectivity index (χ2v) is 7.77. The van der Waals surface area contributed by atoms with E-state index in [2.05, 4.69) is 57.3 Å². The fraction of sp³-hybridized carbons (Fsp3) is 0.682. The molecule has 2 aliphatic rings. The summed E-state index contributed by atoms with van der Waals surface area (Å²) in [5.74, 6) is 1.08. The molecule has 0 bridgehead atoms. The maximum Gasteiger partial charge on any atom is 0.194 e. The molecule has 3 rings (SSSR count). The summed E-state index contributed by atoms with van der Waals surface area (Å²) >= 11 is 0.